The molecule has 0 spiro atoms. The first kappa shape index (κ1) is 15.6. The highest BCUT2D eigenvalue weighted by atomic mass is 16.4. The zero-order valence-corrected chi connectivity index (χ0v) is 13.7. The summed E-state index contributed by atoms with van der Waals surface area (Å²) in [7, 11) is 0. The van der Waals surface area contributed by atoms with Crippen LogP contribution in [0.2, 0.25) is 0 Å². The van der Waals surface area contributed by atoms with Gasteiger partial charge in [-0.3, -0.25) is 0 Å². The van der Waals surface area contributed by atoms with E-state index >= 15 is 0 Å². The first-order chi connectivity index (χ1) is 12.9. The minimum Gasteiger partial charge on any atom is -0.396 e. The third-order valence-electron chi connectivity index (χ3n) is 3.49. The molecule has 0 bridgehead atoms. The number of nitrogens with zero attached hydrogens (tertiary/aromatic N) is 5. The van der Waals surface area contributed by atoms with E-state index in [2.05, 4.69) is 37.7 Å². The van der Waals surface area contributed by atoms with Crippen molar-refractivity contribution in [3.05, 3.63) is 84.0 Å². The van der Waals surface area contributed by atoms with Crippen molar-refractivity contribution in [3.63, 3.8) is 0 Å². The van der Waals surface area contributed by atoms with Crippen molar-refractivity contribution in [3.8, 4) is 17.5 Å². The van der Waals surface area contributed by atoms with Gasteiger partial charge in [-0.05, 0) is 30.2 Å². The minimum atomic E-state index is 0.254. The van der Waals surface area contributed by atoms with Crippen molar-refractivity contribution < 1.29 is 4.42 Å². The molecule has 2 aromatic heterocycles. The average molecular weight is 342 g/mol. The molecule has 7 heteroatoms. The predicted molar refractivity (Wildman–Crippen MR) is 95.4 cm³/mol. The van der Waals surface area contributed by atoms with Gasteiger partial charge >= 0.3 is 6.01 Å². The maximum absolute atomic E-state index is 5.46. The van der Waals surface area contributed by atoms with Crippen LogP contribution in [0.3, 0.4) is 0 Å². The van der Waals surface area contributed by atoms with Crippen molar-refractivity contribution >= 4 is 6.01 Å². The molecule has 0 radical (unpaired) electrons. The smallest absolute Gasteiger partial charge is 0.316 e. The van der Waals surface area contributed by atoms with Crippen LogP contribution in [-0.2, 0) is 6.54 Å². The Kier molecular flexibility index (Phi) is 4.39. The van der Waals surface area contributed by atoms with Crippen molar-refractivity contribution in [1.82, 2.24) is 25.2 Å². The van der Waals surface area contributed by atoms with Gasteiger partial charge in [-0.15, -0.1) is 5.10 Å². The van der Waals surface area contributed by atoms with Gasteiger partial charge in [-0.25, -0.2) is 4.68 Å². The fraction of sp³-hybridized carbons (Fsp3) is 0.0526. The van der Waals surface area contributed by atoms with E-state index in [4.69, 9.17) is 4.42 Å². The fourth-order valence-corrected chi connectivity index (χ4v) is 2.24. The maximum atomic E-state index is 5.46. The lowest BCUT2D eigenvalue weighted by atomic mass is 10.2. The second-order valence-corrected chi connectivity index (χ2v) is 5.37. The Balaban J connectivity index is 1.38. The van der Waals surface area contributed by atoms with Crippen molar-refractivity contribution in [2.24, 2.45) is 0 Å². The Hall–Kier alpha value is -3.92. The highest BCUT2D eigenvalue weighted by Crippen LogP contribution is 2.09. The van der Waals surface area contributed by atoms with Crippen LogP contribution in [0.5, 0.6) is 0 Å². The molecule has 7 nitrogen and oxygen atoms in total. The molecule has 0 atom stereocenters. The zero-order valence-electron chi connectivity index (χ0n) is 13.7. The third kappa shape index (κ3) is 3.76. The molecule has 0 aliphatic carbocycles. The summed E-state index contributed by atoms with van der Waals surface area (Å²) in [5.74, 6) is 6.07. The molecular formula is C19H14N6O. The largest absolute Gasteiger partial charge is 0.396 e. The van der Waals surface area contributed by atoms with Crippen LogP contribution in [-0.4, -0.2) is 25.2 Å². The van der Waals surface area contributed by atoms with E-state index in [1.807, 2.05) is 66.9 Å². The van der Waals surface area contributed by atoms with Crippen molar-refractivity contribution in [2.75, 3.05) is 5.32 Å². The summed E-state index contributed by atoms with van der Waals surface area (Å²) in [6.45, 7) is 0.417. The quantitative estimate of drug-likeness (QED) is 0.574. The predicted octanol–water partition coefficient (Wildman–Crippen LogP) is 2.66. The number of anilines is 1. The Bertz CT molecular complexity index is 1040. The fourth-order valence-electron chi connectivity index (χ4n) is 2.24. The second-order valence-electron chi connectivity index (χ2n) is 5.37. The molecule has 4 rings (SSSR count). The molecule has 4 aromatic rings. The standard InChI is InChI=1S/C19H14N6O/c1-3-7-15(8-4-1)11-12-18-22-23-19(26-18)20-13-16-14-25(24-21-16)17-9-5-2-6-10-17/h1-10,14H,13H2,(H,20,23). The SMILES string of the molecule is C(#Cc1nnc(NCc2cn(-c3ccccc3)nn2)o1)c1ccccc1. The number of para-hydroxylation sites is 1. The van der Waals surface area contributed by atoms with Crippen molar-refractivity contribution in [1.29, 1.82) is 0 Å². The second kappa shape index (κ2) is 7.32. The third-order valence-corrected chi connectivity index (χ3v) is 3.49. The van der Waals surface area contributed by atoms with Crippen LogP contribution in [0.1, 0.15) is 17.1 Å². The molecule has 0 unspecified atom stereocenters. The lowest BCUT2D eigenvalue weighted by Gasteiger charge is -1.97. The van der Waals surface area contributed by atoms with Gasteiger partial charge in [-0.2, -0.15) is 0 Å². The molecule has 0 aliphatic heterocycles. The van der Waals surface area contributed by atoms with Crippen LogP contribution in [0, 0.1) is 11.8 Å². The highest BCUT2D eigenvalue weighted by molar-refractivity contribution is 5.37. The lowest BCUT2D eigenvalue weighted by Crippen LogP contribution is -1.99. The summed E-state index contributed by atoms with van der Waals surface area (Å²) in [4.78, 5) is 0. The summed E-state index contributed by atoms with van der Waals surface area (Å²) in [6, 6.07) is 19.7. The first-order valence-corrected chi connectivity index (χ1v) is 7.98. The maximum Gasteiger partial charge on any atom is 0.316 e. The Morgan fingerprint density at radius 3 is 2.46 bits per heavy atom. The Morgan fingerprint density at radius 2 is 1.65 bits per heavy atom. The number of hydrogen-bond acceptors (Lipinski definition) is 6. The van der Waals surface area contributed by atoms with Gasteiger partial charge in [0, 0.05) is 5.56 Å². The summed E-state index contributed by atoms with van der Waals surface area (Å²) in [6.07, 6.45) is 1.84. The summed E-state index contributed by atoms with van der Waals surface area (Å²) in [5.41, 5.74) is 2.59. The first-order valence-electron chi connectivity index (χ1n) is 7.98. The summed E-state index contributed by atoms with van der Waals surface area (Å²) >= 11 is 0. The minimum absolute atomic E-state index is 0.254. The Labute approximate surface area is 149 Å². The average Bonchev–Trinajstić information content (AvgIpc) is 3.36. The number of aromatic nitrogens is 5. The highest BCUT2D eigenvalue weighted by Gasteiger charge is 2.06. The van der Waals surface area contributed by atoms with Crippen LogP contribution < -0.4 is 5.32 Å². The molecule has 126 valence electrons. The van der Waals surface area contributed by atoms with Gasteiger partial charge < -0.3 is 9.73 Å². The zero-order chi connectivity index (χ0) is 17.6. The van der Waals surface area contributed by atoms with E-state index in [0.717, 1.165) is 16.9 Å². The van der Waals surface area contributed by atoms with Gasteiger partial charge in [0.05, 0.1) is 18.4 Å². The van der Waals surface area contributed by atoms with Crippen molar-refractivity contribution in [2.45, 2.75) is 6.54 Å². The van der Waals surface area contributed by atoms with E-state index in [-0.39, 0.29) is 11.9 Å². The molecular weight excluding hydrogens is 328 g/mol. The van der Waals surface area contributed by atoms with Gasteiger partial charge in [0.1, 0.15) is 5.69 Å². The molecule has 0 fully saturated rings. The number of nitrogens with one attached hydrogen (secondary N) is 1. The van der Waals surface area contributed by atoms with E-state index in [1.54, 1.807) is 4.68 Å². The van der Waals surface area contributed by atoms with Gasteiger partial charge in [-0.1, -0.05) is 57.7 Å². The number of hydrogen-bond donors (Lipinski definition) is 1. The Morgan fingerprint density at radius 1 is 0.885 bits per heavy atom. The van der Waals surface area contributed by atoms with Gasteiger partial charge in [0.15, 0.2) is 0 Å². The molecule has 0 saturated carbocycles. The topological polar surface area (TPSA) is 81.7 Å². The van der Waals surface area contributed by atoms with Gasteiger partial charge in [0.25, 0.3) is 5.89 Å². The summed E-state index contributed by atoms with van der Waals surface area (Å²) in [5, 5.41) is 19.1. The van der Waals surface area contributed by atoms with E-state index < -0.39 is 0 Å². The van der Waals surface area contributed by atoms with Gasteiger partial charge in [0.2, 0.25) is 0 Å². The summed E-state index contributed by atoms with van der Waals surface area (Å²) < 4.78 is 7.17. The number of benzene rings is 2. The monoisotopic (exact) mass is 342 g/mol. The van der Waals surface area contributed by atoms with Crippen LogP contribution in [0.25, 0.3) is 5.69 Å². The van der Waals surface area contributed by atoms with E-state index in [0.29, 0.717) is 6.54 Å². The number of rotatable bonds is 4. The van der Waals surface area contributed by atoms with Crippen LogP contribution >= 0.6 is 0 Å². The molecule has 2 heterocycles. The molecule has 0 aliphatic rings. The van der Waals surface area contributed by atoms with Crippen LogP contribution in [0.4, 0.5) is 6.01 Å². The van der Waals surface area contributed by atoms with Crippen LogP contribution in [0.15, 0.2) is 71.3 Å². The normalized spacial score (nSPS) is 10.2. The van der Waals surface area contributed by atoms with E-state index in [9.17, 15) is 0 Å². The molecule has 1 N–H and O–H groups in total. The molecule has 0 saturated heterocycles. The molecule has 26 heavy (non-hydrogen) atoms. The lowest BCUT2D eigenvalue weighted by molar-refractivity contribution is 0.551. The molecule has 2 aromatic carbocycles. The van der Waals surface area contributed by atoms with E-state index in [1.165, 1.54) is 0 Å². The molecule has 0 amide bonds.